The van der Waals surface area contributed by atoms with E-state index in [2.05, 4.69) is 31.4 Å². The van der Waals surface area contributed by atoms with Gasteiger partial charge in [-0.1, -0.05) is 53.2 Å². The van der Waals surface area contributed by atoms with E-state index < -0.39 is 12.1 Å². The van der Waals surface area contributed by atoms with Crippen molar-refractivity contribution in [3.05, 3.63) is 29.8 Å². The van der Waals surface area contributed by atoms with Crippen LogP contribution in [0, 0.1) is 23.7 Å². The van der Waals surface area contributed by atoms with Crippen molar-refractivity contribution in [3.8, 4) is 5.75 Å². The number of ether oxygens (including phenoxy) is 3. The number of nitrogens with two attached hydrogens (primary N) is 1. The maximum atomic E-state index is 13.0. The molecule has 0 bridgehead atoms. The Kier molecular flexibility index (Phi) is 16.9. The van der Waals surface area contributed by atoms with E-state index >= 15 is 0 Å². The summed E-state index contributed by atoms with van der Waals surface area (Å²) in [6, 6.07) is 6.57. The van der Waals surface area contributed by atoms with Crippen molar-refractivity contribution < 1.29 is 28.9 Å². The molecule has 218 valence electrons. The van der Waals surface area contributed by atoms with Crippen LogP contribution in [0.2, 0.25) is 0 Å². The average Bonchev–Trinajstić information content (AvgIpc) is 2.88. The van der Waals surface area contributed by atoms with Crippen LogP contribution in [-0.4, -0.2) is 69.3 Å². The highest BCUT2D eigenvalue weighted by Crippen LogP contribution is 2.24. The first-order valence-electron chi connectivity index (χ1n) is 13.9. The number of nitrogens with one attached hydrogen (secondary N) is 2. The second-order valence-corrected chi connectivity index (χ2v) is 10.6. The van der Waals surface area contributed by atoms with Crippen LogP contribution in [0.25, 0.3) is 0 Å². The van der Waals surface area contributed by atoms with Crippen molar-refractivity contribution in [2.75, 3.05) is 40.2 Å². The summed E-state index contributed by atoms with van der Waals surface area (Å²) in [6.45, 7) is 12.1. The molecular formula is C29H51N3O6. The molecule has 0 aromatic heterocycles. The van der Waals surface area contributed by atoms with Gasteiger partial charge in [-0.05, 0) is 49.1 Å². The fraction of sp³-hybridized carbons (Fsp3) is 0.724. The second kappa shape index (κ2) is 19.0. The number of hydrogen-bond donors (Lipinski definition) is 4. The van der Waals surface area contributed by atoms with Gasteiger partial charge in [0.2, 0.25) is 5.91 Å². The molecule has 1 aromatic carbocycles. The molecule has 0 radical (unpaired) electrons. The van der Waals surface area contributed by atoms with Gasteiger partial charge in [-0.2, -0.15) is 0 Å². The van der Waals surface area contributed by atoms with Crippen molar-refractivity contribution >= 4 is 11.8 Å². The Balaban J connectivity index is 2.70. The van der Waals surface area contributed by atoms with E-state index in [1.54, 1.807) is 25.3 Å². The predicted octanol–water partition coefficient (Wildman–Crippen LogP) is 3.34. The Morgan fingerprint density at radius 3 is 2.37 bits per heavy atom. The largest absolute Gasteiger partial charge is 0.490 e. The molecule has 0 saturated heterocycles. The number of aliphatic hydroxyl groups is 1. The van der Waals surface area contributed by atoms with Crippen LogP contribution in [0.15, 0.2) is 24.3 Å². The van der Waals surface area contributed by atoms with Crippen molar-refractivity contribution in [3.63, 3.8) is 0 Å². The SMILES string of the molecule is CCCCNC(=O)[C@@H](C[C@H](O)[C@@H](N)C[C@H](CNC(=O)c1ccccc1OCCOCOC)C(C)C)C(C)C. The van der Waals surface area contributed by atoms with E-state index in [4.69, 9.17) is 19.9 Å². The molecule has 1 aromatic rings. The molecule has 0 aliphatic rings. The molecule has 2 amide bonds. The van der Waals surface area contributed by atoms with Crippen molar-refractivity contribution in [1.29, 1.82) is 0 Å². The zero-order valence-corrected chi connectivity index (χ0v) is 24.2. The minimum absolute atomic E-state index is 0.0292. The van der Waals surface area contributed by atoms with Crippen LogP contribution in [0.1, 0.15) is 70.7 Å². The minimum atomic E-state index is -0.814. The summed E-state index contributed by atoms with van der Waals surface area (Å²) in [7, 11) is 1.55. The van der Waals surface area contributed by atoms with E-state index in [9.17, 15) is 14.7 Å². The molecule has 9 heteroatoms. The lowest BCUT2D eigenvalue weighted by atomic mass is 9.83. The van der Waals surface area contributed by atoms with E-state index in [-0.39, 0.29) is 42.3 Å². The molecule has 0 heterocycles. The number of rotatable bonds is 20. The fourth-order valence-electron chi connectivity index (χ4n) is 4.19. The van der Waals surface area contributed by atoms with Crippen LogP contribution in [-0.2, 0) is 14.3 Å². The Morgan fingerprint density at radius 1 is 1.03 bits per heavy atom. The van der Waals surface area contributed by atoms with Gasteiger partial charge in [-0.25, -0.2) is 0 Å². The third-order valence-electron chi connectivity index (χ3n) is 6.82. The second-order valence-electron chi connectivity index (χ2n) is 10.6. The first-order valence-corrected chi connectivity index (χ1v) is 13.9. The zero-order chi connectivity index (χ0) is 28.5. The van der Waals surface area contributed by atoms with Crippen LogP contribution in [0.4, 0.5) is 0 Å². The molecule has 0 aliphatic carbocycles. The quantitative estimate of drug-likeness (QED) is 0.148. The van der Waals surface area contributed by atoms with Gasteiger partial charge in [-0.15, -0.1) is 0 Å². The summed E-state index contributed by atoms with van der Waals surface area (Å²) >= 11 is 0. The van der Waals surface area contributed by atoms with E-state index in [0.717, 1.165) is 12.8 Å². The van der Waals surface area contributed by atoms with Gasteiger partial charge in [0.05, 0.1) is 18.3 Å². The summed E-state index contributed by atoms with van der Waals surface area (Å²) in [6.07, 6.45) is 1.96. The van der Waals surface area contributed by atoms with Crippen molar-refractivity contribution in [2.45, 2.75) is 72.4 Å². The van der Waals surface area contributed by atoms with Gasteiger partial charge in [0.25, 0.3) is 5.91 Å². The molecule has 9 nitrogen and oxygen atoms in total. The highest BCUT2D eigenvalue weighted by Gasteiger charge is 2.29. The molecule has 0 unspecified atom stereocenters. The van der Waals surface area contributed by atoms with Crippen LogP contribution in [0.5, 0.6) is 5.75 Å². The molecule has 38 heavy (non-hydrogen) atoms. The predicted molar refractivity (Wildman–Crippen MR) is 150 cm³/mol. The minimum Gasteiger partial charge on any atom is -0.490 e. The van der Waals surface area contributed by atoms with E-state index in [0.29, 0.717) is 50.5 Å². The van der Waals surface area contributed by atoms with Crippen molar-refractivity contribution in [2.24, 2.45) is 29.4 Å². The molecule has 5 N–H and O–H groups in total. The van der Waals surface area contributed by atoms with Crippen LogP contribution in [0.3, 0.4) is 0 Å². The fourth-order valence-corrected chi connectivity index (χ4v) is 4.19. The Bertz CT molecular complexity index is 804. The summed E-state index contributed by atoms with van der Waals surface area (Å²) in [5.74, 6) is 0.289. The first-order chi connectivity index (χ1) is 18.1. The molecule has 0 aliphatic heterocycles. The molecular weight excluding hydrogens is 486 g/mol. The lowest BCUT2D eigenvalue weighted by Gasteiger charge is -2.30. The summed E-state index contributed by atoms with van der Waals surface area (Å²) in [5.41, 5.74) is 6.87. The van der Waals surface area contributed by atoms with Gasteiger partial charge >= 0.3 is 0 Å². The maximum Gasteiger partial charge on any atom is 0.255 e. The van der Waals surface area contributed by atoms with Crippen LogP contribution >= 0.6 is 0 Å². The topological polar surface area (TPSA) is 132 Å². The highest BCUT2D eigenvalue weighted by molar-refractivity contribution is 5.96. The molecule has 0 fully saturated rings. The van der Waals surface area contributed by atoms with Gasteiger partial charge in [0.1, 0.15) is 19.1 Å². The monoisotopic (exact) mass is 537 g/mol. The van der Waals surface area contributed by atoms with Gasteiger partial charge in [0.15, 0.2) is 0 Å². The average molecular weight is 538 g/mol. The van der Waals surface area contributed by atoms with Gasteiger partial charge in [0, 0.05) is 32.2 Å². The number of carbonyl (C=O) groups excluding carboxylic acids is 2. The third kappa shape index (κ3) is 12.6. The number of carbonyl (C=O) groups is 2. The zero-order valence-electron chi connectivity index (χ0n) is 24.2. The lowest BCUT2D eigenvalue weighted by Crippen LogP contribution is -2.44. The molecule has 0 saturated carbocycles. The Morgan fingerprint density at radius 2 is 1.74 bits per heavy atom. The standard InChI is InChI=1S/C29H51N3O6/c1-7-8-13-31-29(35)24(21(4)5)17-26(33)25(30)16-22(20(2)3)18-32-28(34)23-11-9-10-12-27(23)38-15-14-37-19-36-6/h9-12,20-22,24-26,33H,7-8,13-19,30H2,1-6H3,(H,31,35)(H,32,34)/t22-,24+,25+,26+/m1/s1. The molecule has 1 rings (SSSR count). The Labute approximate surface area is 229 Å². The third-order valence-corrected chi connectivity index (χ3v) is 6.82. The summed E-state index contributed by atoms with van der Waals surface area (Å²) in [4.78, 5) is 25.7. The normalized spacial score (nSPS) is 14.7. The number of benzene rings is 1. The van der Waals surface area contributed by atoms with Crippen molar-refractivity contribution in [1.82, 2.24) is 10.6 Å². The van der Waals surface area contributed by atoms with E-state index in [1.807, 2.05) is 19.9 Å². The number of para-hydroxylation sites is 1. The number of aliphatic hydroxyl groups excluding tert-OH is 1. The number of hydrogen-bond acceptors (Lipinski definition) is 7. The summed E-state index contributed by atoms with van der Waals surface area (Å²) < 4.78 is 15.8. The first kappa shape index (κ1) is 33.8. The van der Waals surface area contributed by atoms with Gasteiger partial charge < -0.3 is 35.7 Å². The van der Waals surface area contributed by atoms with Gasteiger partial charge in [-0.3, -0.25) is 9.59 Å². The molecule has 4 atom stereocenters. The Hall–Kier alpha value is -2.20. The summed E-state index contributed by atoms with van der Waals surface area (Å²) in [5, 5.41) is 16.9. The van der Waals surface area contributed by atoms with E-state index in [1.165, 1.54) is 0 Å². The maximum absolute atomic E-state index is 13.0. The highest BCUT2D eigenvalue weighted by atomic mass is 16.7. The van der Waals surface area contributed by atoms with Crippen LogP contribution < -0.4 is 21.1 Å². The lowest BCUT2D eigenvalue weighted by molar-refractivity contribution is -0.127. The number of methoxy groups -OCH3 is 1. The number of amides is 2. The smallest absolute Gasteiger partial charge is 0.255 e. The molecule has 0 spiro atoms. The number of unbranched alkanes of at least 4 members (excludes halogenated alkanes) is 1.